The Hall–Kier alpha value is -1.44. The molecule has 0 aromatic heterocycles. The summed E-state index contributed by atoms with van der Waals surface area (Å²) in [6.45, 7) is 0.354. The number of hydrazine groups is 1. The molecule has 1 rings (SSSR count). The van der Waals surface area contributed by atoms with E-state index in [0.717, 1.165) is 0 Å². The largest absolute Gasteiger partial charge is 0.271 e. The quantitative estimate of drug-likeness (QED) is 0.500. The second kappa shape index (κ2) is 3.81. The molecule has 3 N–H and O–H groups in total. The van der Waals surface area contributed by atoms with Gasteiger partial charge in [-0.05, 0) is 23.8 Å². The SMILES string of the molecule is N#Cc1cc(F)cc(CNN)c1. The van der Waals surface area contributed by atoms with Gasteiger partial charge in [0.25, 0.3) is 0 Å². The van der Waals surface area contributed by atoms with Crippen molar-refractivity contribution < 1.29 is 4.39 Å². The van der Waals surface area contributed by atoms with Crippen molar-refractivity contribution >= 4 is 0 Å². The average Bonchev–Trinajstić information content (AvgIpc) is 2.04. The van der Waals surface area contributed by atoms with Crippen molar-refractivity contribution in [3.05, 3.63) is 35.1 Å². The number of halogens is 1. The molecule has 0 spiro atoms. The fourth-order valence-electron chi connectivity index (χ4n) is 0.935. The number of nitrogens with zero attached hydrogens (tertiary/aromatic N) is 1. The number of benzene rings is 1. The molecule has 0 aliphatic carbocycles. The monoisotopic (exact) mass is 165 g/mol. The van der Waals surface area contributed by atoms with Gasteiger partial charge in [0.1, 0.15) is 5.82 Å². The van der Waals surface area contributed by atoms with Gasteiger partial charge in [-0.2, -0.15) is 5.26 Å². The van der Waals surface area contributed by atoms with Crippen LogP contribution in [0.1, 0.15) is 11.1 Å². The van der Waals surface area contributed by atoms with Crippen LogP contribution in [0.4, 0.5) is 4.39 Å². The summed E-state index contributed by atoms with van der Waals surface area (Å²) in [7, 11) is 0. The summed E-state index contributed by atoms with van der Waals surface area (Å²) in [5.74, 6) is 4.63. The Morgan fingerprint density at radius 2 is 2.25 bits per heavy atom. The van der Waals surface area contributed by atoms with Gasteiger partial charge in [-0.3, -0.25) is 11.3 Å². The molecule has 62 valence electrons. The molecule has 0 bridgehead atoms. The molecule has 0 atom stereocenters. The van der Waals surface area contributed by atoms with Crippen LogP contribution in [0.3, 0.4) is 0 Å². The van der Waals surface area contributed by atoms with Crippen molar-refractivity contribution in [3.63, 3.8) is 0 Å². The summed E-state index contributed by atoms with van der Waals surface area (Å²) in [5.41, 5.74) is 3.35. The fourth-order valence-corrected chi connectivity index (χ4v) is 0.935. The second-order valence-corrected chi connectivity index (χ2v) is 2.34. The van der Waals surface area contributed by atoms with Gasteiger partial charge in [0, 0.05) is 6.54 Å². The van der Waals surface area contributed by atoms with Gasteiger partial charge in [-0.1, -0.05) is 0 Å². The van der Waals surface area contributed by atoms with Crippen molar-refractivity contribution in [2.75, 3.05) is 0 Å². The molecule has 12 heavy (non-hydrogen) atoms. The summed E-state index contributed by atoms with van der Waals surface area (Å²) in [6, 6.07) is 5.96. The van der Waals surface area contributed by atoms with E-state index in [1.807, 2.05) is 6.07 Å². The summed E-state index contributed by atoms with van der Waals surface area (Å²) in [6.07, 6.45) is 0. The van der Waals surface area contributed by atoms with Gasteiger partial charge >= 0.3 is 0 Å². The lowest BCUT2D eigenvalue weighted by Gasteiger charge is -1.99. The molecule has 0 saturated heterocycles. The molecule has 1 aromatic carbocycles. The minimum atomic E-state index is -0.417. The van der Waals surface area contributed by atoms with E-state index in [0.29, 0.717) is 17.7 Å². The maximum absolute atomic E-state index is 12.7. The van der Waals surface area contributed by atoms with E-state index in [4.69, 9.17) is 11.1 Å². The van der Waals surface area contributed by atoms with E-state index < -0.39 is 5.82 Å². The molecule has 0 radical (unpaired) electrons. The lowest BCUT2D eigenvalue weighted by molar-refractivity contribution is 0.621. The molecular weight excluding hydrogens is 157 g/mol. The normalized spacial score (nSPS) is 9.42. The van der Waals surface area contributed by atoms with E-state index in [1.54, 1.807) is 6.07 Å². The summed E-state index contributed by atoms with van der Waals surface area (Å²) >= 11 is 0. The maximum atomic E-state index is 12.7. The van der Waals surface area contributed by atoms with Crippen LogP contribution in [0.5, 0.6) is 0 Å². The van der Waals surface area contributed by atoms with Crippen LogP contribution in [0, 0.1) is 17.1 Å². The Balaban J connectivity index is 3.00. The third-order valence-corrected chi connectivity index (χ3v) is 1.39. The van der Waals surface area contributed by atoms with Gasteiger partial charge < -0.3 is 0 Å². The van der Waals surface area contributed by atoms with Gasteiger partial charge in [0.2, 0.25) is 0 Å². The minimum Gasteiger partial charge on any atom is -0.271 e. The minimum absolute atomic E-state index is 0.306. The predicted octanol–water partition coefficient (Wildman–Crippen LogP) is 0.661. The van der Waals surface area contributed by atoms with Crippen LogP contribution in [-0.4, -0.2) is 0 Å². The van der Waals surface area contributed by atoms with Gasteiger partial charge in [-0.15, -0.1) is 0 Å². The van der Waals surface area contributed by atoms with E-state index in [2.05, 4.69) is 5.43 Å². The highest BCUT2D eigenvalue weighted by Crippen LogP contribution is 2.07. The Bertz CT molecular complexity index is 317. The Morgan fingerprint density at radius 1 is 1.50 bits per heavy atom. The average molecular weight is 165 g/mol. The predicted molar refractivity (Wildman–Crippen MR) is 42.1 cm³/mol. The van der Waals surface area contributed by atoms with Crippen molar-refractivity contribution in [3.8, 4) is 6.07 Å². The summed E-state index contributed by atoms with van der Waals surface area (Å²) in [4.78, 5) is 0. The van der Waals surface area contributed by atoms with E-state index in [-0.39, 0.29) is 0 Å². The Morgan fingerprint density at radius 3 is 2.83 bits per heavy atom. The van der Waals surface area contributed by atoms with Crippen LogP contribution >= 0.6 is 0 Å². The standard InChI is InChI=1S/C8H8FN3/c9-8-2-6(4-10)1-7(3-8)5-12-11/h1-3,12H,5,11H2. The van der Waals surface area contributed by atoms with Gasteiger partial charge in [0.05, 0.1) is 11.6 Å². The highest BCUT2D eigenvalue weighted by Gasteiger charge is 1.98. The molecule has 0 unspecified atom stereocenters. The van der Waals surface area contributed by atoms with E-state index in [1.165, 1.54) is 12.1 Å². The number of nitriles is 1. The molecule has 0 aliphatic rings. The molecule has 4 heteroatoms. The van der Waals surface area contributed by atoms with Crippen molar-refractivity contribution in [2.24, 2.45) is 5.84 Å². The topological polar surface area (TPSA) is 61.8 Å². The van der Waals surface area contributed by atoms with Gasteiger partial charge in [-0.25, -0.2) is 4.39 Å². The molecular formula is C8H8FN3. The first-order valence-electron chi connectivity index (χ1n) is 3.39. The number of rotatable bonds is 2. The lowest BCUT2D eigenvalue weighted by Crippen LogP contribution is -2.20. The zero-order valence-corrected chi connectivity index (χ0v) is 6.34. The molecule has 0 saturated carbocycles. The molecule has 0 aliphatic heterocycles. The van der Waals surface area contributed by atoms with Crippen LogP contribution in [0.2, 0.25) is 0 Å². The smallest absolute Gasteiger partial charge is 0.124 e. The summed E-state index contributed by atoms with van der Waals surface area (Å²) in [5, 5.41) is 8.49. The van der Waals surface area contributed by atoms with Crippen LogP contribution in [-0.2, 0) is 6.54 Å². The highest BCUT2D eigenvalue weighted by atomic mass is 19.1. The third kappa shape index (κ3) is 2.02. The van der Waals surface area contributed by atoms with Crippen molar-refractivity contribution in [1.29, 1.82) is 5.26 Å². The maximum Gasteiger partial charge on any atom is 0.124 e. The molecule has 0 fully saturated rings. The third-order valence-electron chi connectivity index (χ3n) is 1.39. The number of hydrogen-bond acceptors (Lipinski definition) is 3. The second-order valence-electron chi connectivity index (χ2n) is 2.34. The molecule has 3 nitrogen and oxygen atoms in total. The van der Waals surface area contributed by atoms with Crippen molar-refractivity contribution in [1.82, 2.24) is 5.43 Å². The lowest BCUT2D eigenvalue weighted by atomic mass is 10.1. The number of nitrogens with two attached hydrogens (primary N) is 1. The first-order valence-corrected chi connectivity index (χ1v) is 3.39. The molecule has 1 aromatic rings. The number of nitrogens with one attached hydrogen (secondary N) is 1. The first-order chi connectivity index (χ1) is 5.76. The van der Waals surface area contributed by atoms with Crippen LogP contribution in [0.25, 0.3) is 0 Å². The molecule has 0 heterocycles. The van der Waals surface area contributed by atoms with Gasteiger partial charge in [0.15, 0.2) is 0 Å². The Kier molecular flexibility index (Phi) is 2.75. The molecule has 0 amide bonds. The highest BCUT2D eigenvalue weighted by molar-refractivity contribution is 5.33. The van der Waals surface area contributed by atoms with Crippen LogP contribution < -0.4 is 11.3 Å². The van der Waals surface area contributed by atoms with Crippen molar-refractivity contribution in [2.45, 2.75) is 6.54 Å². The summed E-state index contributed by atoms with van der Waals surface area (Å²) < 4.78 is 12.7. The zero-order valence-electron chi connectivity index (χ0n) is 6.34. The van der Waals surface area contributed by atoms with Crippen LogP contribution in [0.15, 0.2) is 18.2 Å². The first kappa shape index (κ1) is 8.65. The Labute approximate surface area is 69.6 Å². The van der Waals surface area contributed by atoms with E-state index >= 15 is 0 Å². The van der Waals surface area contributed by atoms with E-state index in [9.17, 15) is 4.39 Å². The number of hydrogen-bond donors (Lipinski definition) is 2. The fraction of sp³-hybridized carbons (Fsp3) is 0.125. The zero-order chi connectivity index (χ0) is 8.97.